The van der Waals surface area contributed by atoms with Gasteiger partial charge in [0.05, 0.1) is 6.61 Å². The minimum atomic E-state index is 0.0267. The van der Waals surface area contributed by atoms with Gasteiger partial charge >= 0.3 is 0 Å². The number of para-hydroxylation sites is 1. The van der Waals surface area contributed by atoms with Crippen molar-refractivity contribution in [2.45, 2.75) is 12.6 Å². The summed E-state index contributed by atoms with van der Waals surface area (Å²) in [6, 6.07) is 18.2. The summed E-state index contributed by atoms with van der Waals surface area (Å²) >= 11 is 3.42. The van der Waals surface area contributed by atoms with Crippen LogP contribution in [0.1, 0.15) is 5.56 Å². The van der Waals surface area contributed by atoms with Gasteiger partial charge in [0.1, 0.15) is 0 Å². The van der Waals surface area contributed by atoms with E-state index >= 15 is 0 Å². The van der Waals surface area contributed by atoms with Crippen molar-refractivity contribution >= 4 is 21.6 Å². The molecule has 1 atom stereocenters. The molecule has 0 radical (unpaired) electrons. The number of nitrogens with one attached hydrogen (secondary N) is 2. The molecule has 2 aromatic carbocycles. The van der Waals surface area contributed by atoms with Gasteiger partial charge < -0.3 is 15.7 Å². The van der Waals surface area contributed by atoms with Crippen molar-refractivity contribution in [1.29, 1.82) is 0 Å². The third kappa shape index (κ3) is 4.96. The molecule has 0 spiro atoms. The lowest BCUT2D eigenvalue weighted by Crippen LogP contribution is -2.38. The highest BCUT2D eigenvalue weighted by atomic mass is 79.9. The Hall–Kier alpha value is -1.36. The summed E-state index contributed by atoms with van der Waals surface area (Å²) < 4.78 is 1.07. The summed E-state index contributed by atoms with van der Waals surface area (Å²) in [5.74, 6) is 0. The molecule has 2 aromatic rings. The van der Waals surface area contributed by atoms with Crippen LogP contribution in [0, 0.1) is 0 Å². The summed E-state index contributed by atoms with van der Waals surface area (Å²) in [6.07, 6.45) is 0. The molecule has 0 aliphatic carbocycles. The molecule has 0 aliphatic rings. The van der Waals surface area contributed by atoms with E-state index in [2.05, 4.69) is 38.7 Å². The molecule has 0 bridgehead atoms. The Morgan fingerprint density at radius 2 is 1.70 bits per heavy atom. The zero-order valence-corrected chi connectivity index (χ0v) is 12.8. The second kappa shape index (κ2) is 8.04. The van der Waals surface area contributed by atoms with Gasteiger partial charge in [-0.25, -0.2) is 0 Å². The average Bonchev–Trinajstić information content (AvgIpc) is 2.50. The second-order valence-electron chi connectivity index (χ2n) is 4.63. The molecule has 2 rings (SSSR count). The van der Waals surface area contributed by atoms with E-state index in [1.54, 1.807) is 0 Å². The Kier molecular flexibility index (Phi) is 6.05. The van der Waals surface area contributed by atoms with E-state index in [0.29, 0.717) is 6.54 Å². The smallest absolute Gasteiger partial charge is 0.0601 e. The van der Waals surface area contributed by atoms with E-state index < -0.39 is 0 Å². The van der Waals surface area contributed by atoms with E-state index in [-0.39, 0.29) is 12.6 Å². The van der Waals surface area contributed by atoms with Gasteiger partial charge in [-0.1, -0.05) is 46.3 Å². The van der Waals surface area contributed by atoms with Crippen molar-refractivity contribution < 1.29 is 5.11 Å². The predicted molar refractivity (Wildman–Crippen MR) is 86.8 cm³/mol. The lowest BCUT2D eigenvalue weighted by Gasteiger charge is -2.17. The number of halogens is 1. The second-order valence-corrected chi connectivity index (χ2v) is 5.55. The number of aliphatic hydroxyl groups is 1. The van der Waals surface area contributed by atoms with E-state index in [1.807, 2.05) is 42.5 Å². The quantitative estimate of drug-likeness (QED) is 0.729. The number of benzene rings is 2. The number of hydrogen-bond acceptors (Lipinski definition) is 3. The first-order valence-electron chi connectivity index (χ1n) is 6.65. The topological polar surface area (TPSA) is 44.3 Å². The van der Waals surface area contributed by atoms with Crippen LogP contribution in [0.2, 0.25) is 0 Å². The van der Waals surface area contributed by atoms with Crippen LogP contribution in [0.3, 0.4) is 0 Å². The van der Waals surface area contributed by atoms with Gasteiger partial charge in [-0.15, -0.1) is 0 Å². The maximum atomic E-state index is 9.42. The van der Waals surface area contributed by atoms with Crippen LogP contribution in [-0.2, 0) is 6.54 Å². The molecule has 1 unspecified atom stereocenters. The van der Waals surface area contributed by atoms with Crippen molar-refractivity contribution in [3.8, 4) is 0 Å². The summed E-state index contributed by atoms with van der Waals surface area (Å²) in [7, 11) is 0. The minimum absolute atomic E-state index is 0.0267. The molecule has 0 saturated heterocycles. The van der Waals surface area contributed by atoms with Gasteiger partial charge in [-0.05, 0) is 29.8 Å². The van der Waals surface area contributed by atoms with Gasteiger partial charge in [0.2, 0.25) is 0 Å². The lowest BCUT2D eigenvalue weighted by atomic mass is 10.2. The maximum Gasteiger partial charge on any atom is 0.0601 e. The Balaban J connectivity index is 1.79. The van der Waals surface area contributed by atoms with Gasteiger partial charge in [0.25, 0.3) is 0 Å². The van der Waals surface area contributed by atoms with E-state index in [9.17, 15) is 5.11 Å². The molecule has 0 fully saturated rings. The van der Waals surface area contributed by atoms with Crippen molar-refractivity contribution in [1.82, 2.24) is 5.32 Å². The fraction of sp³-hybridized carbons (Fsp3) is 0.250. The number of rotatable bonds is 7. The van der Waals surface area contributed by atoms with Crippen molar-refractivity contribution in [2.24, 2.45) is 0 Å². The van der Waals surface area contributed by atoms with Gasteiger partial charge in [-0.2, -0.15) is 0 Å². The summed E-state index contributed by atoms with van der Waals surface area (Å²) in [6.45, 7) is 1.54. The first-order chi connectivity index (χ1) is 9.78. The summed E-state index contributed by atoms with van der Waals surface area (Å²) in [4.78, 5) is 0. The molecule has 0 saturated carbocycles. The third-order valence-electron chi connectivity index (χ3n) is 3.05. The molecule has 3 nitrogen and oxygen atoms in total. The number of hydrogen-bond donors (Lipinski definition) is 3. The zero-order valence-electron chi connectivity index (χ0n) is 11.2. The molecule has 20 heavy (non-hydrogen) atoms. The molecular formula is C16H19BrN2O. The fourth-order valence-electron chi connectivity index (χ4n) is 1.86. The molecule has 0 aromatic heterocycles. The predicted octanol–water partition coefficient (Wildman–Crippen LogP) is 3.01. The minimum Gasteiger partial charge on any atom is -0.395 e. The average molecular weight is 335 g/mol. The molecule has 0 aliphatic heterocycles. The van der Waals surface area contributed by atoms with Gasteiger partial charge in [-0.3, -0.25) is 0 Å². The van der Waals surface area contributed by atoms with E-state index in [0.717, 1.165) is 16.7 Å². The SMILES string of the molecule is OCC(CNc1ccccc1)NCc1ccc(Br)cc1. The van der Waals surface area contributed by atoms with Crippen LogP contribution in [0.15, 0.2) is 59.1 Å². The van der Waals surface area contributed by atoms with Crippen LogP contribution in [0.5, 0.6) is 0 Å². The highest BCUT2D eigenvalue weighted by molar-refractivity contribution is 9.10. The normalized spacial score (nSPS) is 12.1. The van der Waals surface area contributed by atoms with E-state index in [1.165, 1.54) is 5.56 Å². The number of aliphatic hydroxyl groups excluding tert-OH is 1. The van der Waals surface area contributed by atoms with Crippen LogP contribution in [-0.4, -0.2) is 24.3 Å². The van der Waals surface area contributed by atoms with Crippen LogP contribution >= 0.6 is 15.9 Å². The highest BCUT2D eigenvalue weighted by Gasteiger charge is 2.06. The van der Waals surface area contributed by atoms with Gasteiger partial charge in [0.15, 0.2) is 0 Å². The standard InChI is InChI=1S/C16H19BrN2O/c17-14-8-6-13(7-9-14)10-18-16(12-20)11-19-15-4-2-1-3-5-15/h1-9,16,18-20H,10-12H2. The Morgan fingerprint density at radius 3 is 2.35 bits per heavy atom. The highest BCUT2D eigenvalue weighted by Crippen LogP contribution is 2.10. The van der Waals surface area contributed by atoms with Crippen molar-refractivity contribution in [3.63, 3.8) is 0 Å². The summed E-state index contributed by atoms with van der Waals surface area (Å²) in [5.41, 5.74) is 2.27. The Bertz CT molecular complexity index is 502. The molecule has 106 valence electrons. The van der Waals surface area contributed by atoms with Crippen LogP contribution in [0.25, 0.3) is 0 Å². The largest absolute Gasteiger partial charge is 0.395 e. The molecular weight excluding hydrogens is 316 g/mol. The lowest BCUT2D eigenvalue weighted by molar-refractivity contribution is 0.247. The molecule has 4 heteroatoms. The first kappa shape index (κ1) is 15.0. The monoisotopic (exact) mass is 334 g/mol. The molecule has 3 N–H and O–H groups in total. The van der Waals surface area contributed by atoms with Crippen molar-refractivity contribution in [3.05, 3.63) is 64.6 Å². The van der Waals surface area contributed by atoms with Crippen molar-refractivity contribution in [2.75, 3.05) is 18.5 Å². The van der Waals surface area contributed by atoms with Crippen LogP contribution < -0.4 is 10.6 Å². The van der Waals surface area contributed by atoms with E-state index in [4.69, 9.17) is 0 Å². The Labute approximate surface area is 128 Å². The first-order valence-corrected chi connectivity index (χ1v) is 7.45. The molecule has 0 heterocycles. The number of anilines is 1. The molecule has 0 amide bonds. The maximum absolute atomic E-state index is 9.42. The zero-order chi connectivity index (χ0) is 14.2. The third-order valence-corrected chi connectivity index (χ3v) is 3.58. The Morgan fingerprint density at radius 1 is 1.00 bits per heavy atom. The fourth-order valence-corrected chi connectivity index (χ4v) is 2.13. The van der Waals surface area contributed by atoms with Gasteiger partial charge in [0, 0.05) is 29.3 Å². The summed E-state index contributed by atoms with van der Waals surface area (Å²) in [5, 5.41) is 16.1. The van der Waals surface area contributed by atoms with Crippen LogP contribution in [0.4, 0.5) is 5.69 Å².